The Labute approximate surface area is 94.0 Å². The van der Waals surface area contributed by atoms with Crippen LogP contribution in [0.2, 0.25) is 0 Å². The van der Waals surface area contributed by atoms with Crippen LogP contribution in [0, 0.1) is 0 Å². The van der Waals surface area contributed by atoms with Gasteiger partial charge in [-0.1, -0.05) is 6.07 Å². The number of carbonyl (C=O) groups is 2. The van der Waals surface area contributed by atoms with Crippen molar-refractivity contribution in [2.24, 2.45) is 5.73 Å². The predicted octanol–water partition coefficient (Wildman–Crippen LogP) is 0.931. The van der Waals surface area contributed by atoms with E-state index in [9.17, 15) is 9.59 Å². The summed E-state index contributed by atoms with van der Waals surface area (Å²) < 4.78 is 0. The second-order valence-electron chi connectivity index (χ2n) is 3.54. The summed E-state index contributed by atoms with van der Waals surface area (Å²) >= 11 is 0. The normalized spacial score (nSPS) is 11.7. The van der Waals surface area contributed by atoms with Gasteiger partial charge >= 0.3 is 0 Å². The molecule has 1 rings (SSSR count). The number of amides is 2. The van der Waals surface area contributed by atoms with Gasteiger partial charge in [0, 0.05) is 18.3 Å². The molecule has 0 spiro atoms. The molecule has 0 saturated carbocycles. The molecule has 86 valence electrons. The minimum absolute atomic E-state index is 0.157. The Morgan fingerprint density at radius 3 is 2.31 bits per heavy atom. The summed E-state index contributed by atoms with van der Waals surface area (Å²) in [5, 5.41) is 5.27. The fourth-order valence-electron chi connectivity index (χ4n) is 1.13. The van der Waals surface area contributed by atoms with E-state index in [-0.39, 0.29) is 11.8 Å². The maximum absolute atomic E-state index is 11.3. The molecule has 2 amide bonds. The third-order valence-electron chi connectivity index (χ3n) is 1.86. The molecule has 0 fully saturated rings. The largest absolute Gasteiger partial charge is 0.326 e. The van der Waals surface area contributed by atoms with Gasteiger partial charge in [0.25, 0.3) is 0 Å². The predicted molar refractivity (Wildman–Crippen MR) is 63.0 cm³/mol. The van der Waals surface area contributed by atoms with Crippen LogP contribution in [0.1, 0.15) is 13.8 Å². The molecule has 1 aromatic carbocycles. The Morgan fingerprint density at radius 2 is 1.81 bits per heavy atom. The van der Waals surface area contributed by atoms with E-state index in [0.717, 1.165) is 0 Å². The van der Waals surface area contributed by atoms with Gasteiger partial charge in [0.2, 0.25) is 11.8 Å². The summed E-state index contributed by atoms with van der Waals surface area (Å²) in [5.41, 5.74) is 6.66. The summed E-state index contributed by atoms with van der Waals surface area (Å²) in [6, 6.07) is 6.31. The third-order valence-corrected chi connectivity index (χ3v) is 1.86. The maximum Gasteiger partial charge on any atom is 0.240 e. The van der Waals surface area contributed by atoms with Crippen molar-refractivity contribution < 1.29 is 9.59 Å². The van der Waals surface area contributed by atoms with Crippen molar-refractivity contribution in [3.63, 3.8) is 0 Å². The van der Waals surface area contributed by atoms with Gasteiger partial charge in [-0.2, -0.15) is 0 Å². The summed E-state index contributed by atoms with van der Waals surface area (Å²) in [6.07, 6.45) is 0. The van der Waals surface area contributed by atoms with Gasteiger partial charge in [-0.05, 0) is 25.1 Å². The number of anilines is 2. The number of benzene rings is 1. The summed E-state index contributed by atoms with van der Waals surface area (Å²) in [5.74, 6) is -0.421. The number of hydrogen-bond acceptors (Lipinski definition) is 3. The van der Waals surface area contributed by atoms with Gasteiger partial charge in [-0.3, -0.25) is 9.59 Å². The SMILES string of the molecule is CC(=O)Nc1cccc(NC(=O)[C@H](C)N)c1. The molecule has 0 aliphatic heterocycles. The zero-order chi connectivity index (χ0) is 12.1. The molecule has 0 aliphatic carbocycles. The lowest BCUT2D eigenvalue weighted by atomic mass is 10.2. The molecular formula is C11H15N3O2. The van der Waals surface area contributed by atoms with Crippen LogP contribution in [0.25, 0.3) is 0 Å². The quantitative estimate of drug-likeness (QED) is 0.710. The van der Waals surface area contributed by atoms with Crippen molar-refractivity contribution in [3.8, 4) is 0 Å². The fraction of sp³-hybridized carbons (Fsp3) is 0.273. The molecule has 0 bridgehead atoms. The molecular weight excluding hydrogens is 206 g/mol. The third kappa shape index (κ3) is 3.70. The van der Waals surface area contributed by atoms with Gasteiger partial charge in [-0.25, -0.2) is 0 Å². The highest BCUT2D eigenvalue weighted by Crippen LogP contribution is 2.14. The Bertz CT molecular complexity index is 402. The van der Waals surface area contributed by atoms with Crippen molar-refractivity contribution in [1.82, 2.24) is 0 Å². The van der Waals surface area contributed by atoms with E-state index in [0.29, 0.717) is 11.4 Å². The van der Waals surface area contributed by atoms with Gasteiger partial charge in [0.15, 0.2) is 0 Å². The van der Waals surface area contributed by atoms with E-state index >= 15 is 0 Å². The van der Waals surface area contributed by atoms with Crippen molar-refractivity contribution in [1.29, 1.82) is 0 Å². The van der Waals surface area contributed by atoms with Crippen molar-refractivity contribution in [2.75, 3.05) is 10.6 Å². The lowest BCUT2D eigenvalue weighted by molar-refractivity contribution is -0.117. The Morgan fingerprint density at radius 1 is 1.25 bits per heavy atom. The smallest absolute Gasteiger partial charge is 0.240 e. The standard InChI is InChI=1S/C11H15N3O2/c1-7(12)11(16)14-10-5-3-4-9(6-10)13-8(2)15/h3-7H,12H2,1-2H3,(H,13,15)(H,14,16)/t7-/m0/s1. The highest BCUT2D eigenvalue weighted by atomic mass is 16.2. The molecule has 16 heavy (non-hydrogen) atoms. The van der Waals surface area contributed by atoms with E-state index in [4.69, 9.17) is 5.73 Å². The van der Waals surface area contributed by atoms with E-state index in [1.807, 2.05) is 0 Å². The van der Waals surface area contributed by atoms with E-state index in [1.54, 1.807) is 31.2 Å². The highest BCUT2D eigenvalue weighted by Gasteiger charge is 2.07. The molecule has 0 radical (unpaired) electrons. The van der Waals surface area contributed by atoms with Crippen LogP contribution in [0.5, 0.6) is 0 Å². The molecule has 1 atom stereocenters. The fourth-order valence-corrected chi connectivity index (χ4v) is 1.13. The maximum atomic E-state index is 11.3. The average Bonchev–Trinajstić information content (AvgIpc) is 2.16. The molecule has 0 saturated heterocycles. The molecule has 0 aliphatic rings. The molecule has 4 N–H and O–H groups in total. The number of nitrogens with one attached hydrogen (secondary N) is 2. The average molecular weight is 221 g/mol. The lowest BCUT2D eigenvalue weighted by Crippen LogP contribution is -2.32. The molecule has 0 heterocycles. The molecule has 5 nitrogen and oxygen atoms in total. The van der Waals surface area contributed by atoms with Crippen LogP contribution in [0.3, 0.4) is 0 Å². The second-order valence-corrected chi connectivity index (χ2v) is 3.54. The number of carbonyl (C=O) groups excluding carboxylic acids is 2. The minimum atomic E-state index is -0.565. The van der Waals surface area contributed by atoms with E-state index < -0.39 is 6.04 Å². The summed E-state index contributed by atoms with van der Waals surface area (Å²) in [4.78, 5) is 22.2. The van der Waals surface area contributed by atoms with Crippen molar-refractivity contribution in [2.45, 2.75) is 19.9 Å². The lowest BCUT2D eigenvalue weighted by Gasteiger charge is -2.09. The summed E-state index contributed by atoms with van der Waals surface area (Å²) in [7, 11) is 0. The van der Waals surface area contributed by atoms with Gasteiger partial charge in [0.1, 0.15) is 0 Å². The molecule has 0 unspecified atom stereocenters. The first-order valence-electron chi connectivity index (χ1n) is 4.93. The van der Waals surface area contributed by atoms with Gasteiger partial charge < -0.3 is 16.4 Å². The van der Waals surface area contributed by atoms with E-state index in [2.05, 4.69) is 10.6 Å². The number of nitrogens with two attached hydrogens (primary N) is 1. The minimum Gasteiger partial charge on any atom is -0.326 e. The first-order valence-corrected chi connectivity index (χ1v) is 4.93. The first-order chi connectivity index (χ1) is 7.49. The monoisotopic (exact) mass is 221 g/mol. The Balaban J connectivity index is 2.74. The zero-order valence-electron chi connectivity index (χ0n) is 9.28. The van der Waals surface area contributed by atoms with Crippen LogP contribution < -0.4 is 16.4 Å². The van der Waals surface area contributed by atoms with Gasteiger partial charge in [0.05, 0.1) is 6.04 Å². The second kappa shape index (κ2) is 5.27. The molecule has 1 aromatic rings. The Hall–Kier alpha value is -1.88. The van der Waals surface area contributed by atoms with Crippen molar-refractivity contribution >= 4 is 23.2 Å². The zero-order valence-corrected chi connectivity index (χ0v) is 9.28. The topological polar surface area (TPSA) is 84.2 Å². The van der Waals surface area contributed by atoms with E-state index in [1.165, 1.54) is 6.92 Å². The highest BCUT2D eigenvalue weighted by molar-refractivity contribution is 5.95. The van der Waals surface area contributed by atoms with Crippen LogP contribution in [-0.2, 0) is 9.59 Å². The van der Waals surface area contributed by atoms with Crippen LogP contribution >= 0.6 is 0 Å². The van der Waals surface area contributed by atoms with Crippen LogP contribution in [0.4, 0.5) is 11.4 Å². The molecule has 5 heteroatoms. The first kappa shape index (κ1) is 12.2. The van der Waals surface area contributed by atoms with Gasteiger partial charge in [-0.15, -0.1) is 0 Å². The van der Waals surface area contributed by atoms with Crippen LogP contribution in [0.15, 0.2) is 24.3 Å². The number of hydrogen-bond donors (Lipinski definition) is 3. The number of rotatable bonds is 3. The van der Waals surface area contributed by atoms with Crippen LogP contribution in [-0.4, -0.2) is 17.9 Å². The Kier molecular flexibility index (Phi) is 4.02. The molecule has 0 aromatic heterocycles. The van der Waals surface area contributed by atoms with Crippen molar-refractivity contribution in [3.05, 3.63) is 24.3 Å². The summed E-state index contributed by atoms with van der Waals surface area (Å²) in [6.45, 7) is 3.03.